The van der Waals surface area contributed by atoms with Crippen molar-refractivity contribution >= 4 is 5.97 Å². The van der Waals surface area contributed by atoms with Crippen molar-refractivity contribution in [1.82, 2.24) is 0 Å². The van der Waals surface area contributed by atoms with Crippen molar-refractivity contribution in [3.05, 3.63) is 88.3 Å². The number of aliphatic carboxylic acids is 1. The average molecular weight is 533 g/mol. The molecule has 0 radical (unpaired) electrons. The molecule has 0 bridgehead atoms. The lowest BCUT2D eigenvalue weighted by Crippen LogP contribution is -2.21. The van der Waals surface area contributed by atoms with Gasteiger partial charge in [-0.25, -0.2) is 4.39 Å². The first kappa shape index (κ1) is 27.4. The van der Waals surface area contributed by atoms with E-state index in [1.54, 1.807) is 19.9 Å². The summed E-state index contributed by atoms with van der Waals surface area (Å²) < 4.78 is 27.0. The fourth-order valence-corrected chi connectivity index (χ4v) is 6.13. The second-order valence-corrected chi connectivity index (χ2v) is 11.9. The van der Waals surface area contributed by atoms with Crippen molar-refractivity contribution in [1.29, 1.82) is 0 Å². The third kappa shape index (κ3) is 5.73. The van der Waals surface area contributed by atoms with Crippen LogP contribution in [0.25, 0.3) is 11.1 Å². The van der Waals surface area contributed by atoms with Crippen LogP contribution in [0.15, 0.2) is 65.8 Å². The number of carbonyl (C=O) groups is 1. The summed E-state index contributed by atoms with van der Waals surface area (Å²) in [7, 11) is 0. The summed E-state index contributed by atoms with van der Waals surface area (Å²) in [6, 6.07) is 9.06. The van der Waals surface area contributed by atoms with Gasteiger partial charge in [0.2, 0.25) is 0 Å². The molecule has 5 nitrogen and oxygen atoms in total. The number of halogens is 1. The summed E-state index contributed by atoms with van der Waals surface area (Å²) in [6.45, 7) is 12.3. The Morgan fingerprint density at radius 2 is 1.90 bits per heavy atom. The van der Waals surface area contributed by atoms with Gasteiger partial charge in [-0.1, -0.05) is 18.7 Å². The van der Waals surface area contributed by atoms with Crippen LogP contribution in [-0.4, -0.2) is 34.5 Å². The fourth-order valence-electron chi connectivity index (χ4n) is 6.13. The molecule has 0 amide bonds. The number of aryl methyl sites for hydroxylation is 2. The highest BCUT2D eigenvalue weighted by atomic mass is 19.1. The molecule has 2 N–H and O–H groups in total. The number of carboxylic acids is 1. The van der Waals surface area contributed by atoms with Gasteiger partial charge in [0, 0.05) is 17.9 Å². The lowest BCUT2D eigenvalue weighted by Gasteiger charge is -2.19. The highest BCUT2D eigenvalue weighted by Crippen LogP contribution is 2.63. The van der Waals surface area contributed by atoms with Gasteiger partial charge in [0.25, 0.3) is 0 Å². The zero-order chi connectivity index (χ0) is 28.1. The third-order valence-corrected chi connectivity index (χ3v) is 8.22. The van der Waals surface area contributed by atoms with Crippen LogP contribution in [0.3, 0.4) is 0 Å². The van der Waals surface area contributed by atoms with Crippen molar-refractivity contribution in [3.8, 4) is 16.9 Å². The van der Waals surface area contributed by atoms with Gasteiger partial charge in [0.05, 0.1) is 30.8 Å². The first-order valence-electron chi connectivity index (χ1n) is 13.6. The highest BCUT2D eigenvalue weighted by molar-refractivity contribution is 5.77. The van der Waals surface area contributed by atoms with Crippen LogP contribution in [0.2, 0.25) is 0 Å². The molecular formula is C33H37FO5. The summed E-state index contributed by atoms with van der Waals surface area (Å²) in [5, 5.41) is 19.4. The number of rotatable bonds is 9. The van der Waals surface area contributed by atoms with Gasteiger partial charge in [-0.15, -0.1) is 0 Å². The quantitative estimate of drug-likeness (QED) is 0.352. The van der Waals surface area contributed by atoms with Crippen LogP contribution >= 0.6 is 0 Å². The number of aliphatic hydroxyl groups is 1. The molecule has 206 valence electrons. The first-order valence-corrected chi connectivity index (χ1v) is 13.6. The second kappa shape index (κ2) is 10.4. The highest BCUT2D eigenvalue weighted by Gasteiger charge is 2.61. The number of carboxylic acid groups (broad SMARTS) is 1. The van der Waals surface area contributed by atoms with Gasteiger partial charge in [-0.3, -0.25) is 4.79 Å². The van der Waals surface area contributed by atoms with Gasteiger partial charge < -0.3 is 19.7 Å². The zero-order valence-corrected chi connectivity index (χ0v) is 23.1. The van der Waals surface area contributed by atoms with Crippen molar-refractivity contribution in [2.75, 3.05) is 6.61 Å². The minimum absolute atomic E-state index is 0.101. The minimum Gasteiger partial charge on any atom is -0.493 e. The second-order valence-electron chi connectivity index (χ2n) is 11.9. The Morgan fingerprint density at radius 3 is 2.56 bits per heavy atom. The average Bonchev–Trinajstić information content (AvgIpc) is 3.48. The van der Waals surface area contributed by atoms with Crippen molar-refractivity contribution in [3.63, 3.8) is 0 Å². The van der Waals surface area contributed by atoms with Gasteiger partial charge in [-0.2, -0.15) is 0 Å². The van der Waals surface area contributed by atoms with Crippen molar-refractivity contribution in [2.45, 2.75) is 65.3 Å². The summed E-state index contributed by atoms with van der Waals surface area (Å²) in [6.07, 6.45) is 5.72. The Bertz CT molecular complexity index is 1360. The molecule has 3 aliphatic carbocycles. The Labute approximate surface area is 229 Å². The topological polar surface area (TPSA) is 76.0 Å². The standard InChI is InChI=1S/C33H37FO5/c1-18-6-8-25-22(15-26-30(25)31(26)32(35)36)16-28(18)39-17-23-14-21(7-9-27(23)34)29-19(2)12-24(13-20(29)3)38-11-10-33(4,5)37/h7-9,12-14,16,26,28,30-31,37H,1,6,10-11,15,17H2,2-5H3,(H,35,36). The van der Waals surface area contributed by atoms with Crippen LogP contribution in [0.4, 0.5) is 4.39 Å². The number of allylic oxidation sites excluding steroid dienone is 3. The Morgan fingerprint density at radius 1 is 1.18 bits per heavy atom. The van der Waals surface area contributed by atoms with E-state index in [9.17, 15) is 19.4 Å². The Kier molecular flexibility index (Phi) is 7.29. The maximum absolute atomic E-state index is 14.9. The number of ether oxygens (including phenoxy) is 2. The molecule has 6 heteroatoms. The molecule has 39 heavy (non-hydrogen) atoms. The van der Waals surface area contributed by atoms with E-state index >= 15 is 0 Å². The van der Waals surface area contributed by atoms with E-state index in [2.05, 4.69) is 18.7 Å². The predicted octanol–water partition coefficient (Wildman–Crippen LogP) is 6.70. The summed E-state index contributed by atoms with van der Waals surface area (Å²) in [4.78, 5) is 11.5. The first-order chi connectivity index (χ1) is 18.4. The lowest BCUT2D eigenvalue weighted by molar-refractivity contribution is -0.139. The van der Waals surface area contributed by atoms with Crippen LogP contribution in [0, 0.1) is 37.4 Å². The molecule has 4 unspecified atom stereocenters. The maximum atomic E-state index is 14.9. The van der Waals surface area contributed by atoms with Crippen molar-refractivity contribution < 1.29 is 28.9 Å². The molecule has 3 aliphatic rings. The van der Waals surface area contributed by atoms with E-state index in [0.717, 1.165) is 51.1 Å². The Hall–Kier alpha value is -3.22. The van der Waals surface area contributed by atoms with Gasteiger partial charge in [0.15, 0.2) is 0 Å². The van der Waals surface area contributed by atoms with E-state index in [0.29, 0.717) is 25.0 Å². The normalized spacial score (nSPS) is 23.9. The molecule has 2 aromatic carbocycles. The van der Waals surface area contributed by atoms with Gasteiger partial charge in [0.1, 0.15) is 11.6 Å². The molecule has 0 saturated heterocycles. The molecule has 2 aromatic rings. The predicted molar refractivity (Wildman–Crippen MR) is 149 cm³/mol. The molecular weight excluding hydrogens is 495 g/mol. The van der Waals surface area contributed by atoms with E-state index in [4.69, 9.17) is 9.47 Å². The van der Waals surface area contributed by atoms with Crippen LogP contribution in [-0.2, 0) is 16.1 Å². The molecule has 4 atom stereocenters. The summed E-state index contributed by atoms with van der Waals surface area (Å²) in [5.74, 6) is -0.260. The lowest BCUT2D eigenvalue weighted by atomic mass is 9.94. The zero-order valence-electron chi connectivity index (χ0n) is 23.1. The molecule has 0 heterocycles. The maximum Gasteiger partial charge on any atom is 0.307 e. The molecule has 0 aliphatic heterocycles. The van der Waals surface area contributed by atoms with Crippen molar-refractivity contribution in [2.24, 2.45) is 17.8 Å². The molecule has 2 saturated carbocycles. The SMILES string of the molecule is C=C1CC=C2C(=CC1OCc1cc(-c3c(C)cc(OCCC(C)(C)O)cc3C)ccc1F)CC1C(C(=O)O)C21. The van der Waals surface area contributed by atoms with Gasteiger partial charge in [-0.05, 0) is 116 Å². The number of hydrogen-bond acceptors (Lipinski definition) is 4. The smallest absolute Gasteiger partial charge is 0.307 e. The fraction of sp³-hybridized carbons (Fsp3) is 0.424. The number of fused-ring (bicyclic) bond motifs is 3. The van der Waals surface area contributed by atoms with Crippen LogP contribution in [0.5, 0.6) is 5.75 Å². The minimum atomic E-state index is -0.782. The van der Waals surface area contributed by atoms with E-state index in [1.807, 2.05) is 32.0 Å². The third-order valence-electron chi connectivity index (χ3n) is 8.22. The van der Waals surface area contributed by atoms with E-state index in [1.165, 1.54) is 6.07 Å². The number of hydrogen-bond donors (Lipinski definition) is 2. The number of benzene rings is 2. The monoisotopic (exact) mass is 532 g/mol. The summed E-state index contributed by atoms with van der Waals surface area (Å²) in [5.41, 5.74) is 6.83. The van der Waals surface area contributed by atoms with Crippen LogP contribution in [0.1, 0.15) is 49.8 Å². The summed E-state index contributed by atoms with van der Waals surface area (Å²) >= 11 is 0. The van der Waals surface area contributed by atoms with E-state index in [-0.39, 0.29) is 36.3 Å². The van der Waals surface area contributed by atoms with Crippen LogP contribution < -0.4 is 4.74 Å². The molecule has 2 fully saturated rings. The molecule has 5 rings (SSSR count). The Balaban J connectivity index is 1.29. The van der Waals surface area contributed by atoms with Gasteiger partial charge >= 0.3 is 5.97 Å². The largest absolute Gasteiger partial charge is 0.493 e. The molecule has 0 spiro atoms. The molecule has 0 aromatic heterocycles. The van der Waals surface area contributed by atoms with E-state index < -0.39 is 11.6 Å².